The van der Waals surface area contributed by atoms with Gasteiger partial charge in [-0.15, -0.1) is 0 Å². The van der Waals surface area contributed by atoms with E-state index < -0.39 is 0 Å². The number of aromatic nitrogens is 2. The Labute approximate surface area is 180 Å². The molecule has 0 aliphatic rings. The lowest BCUT2D eigenvalue weighted by Gasteiger charge is -2.20. The van der Waals surface area contributed by atoms with E-state index in [2.05, 4.69) is 16.8 Å². The van der Waals surface area contributed by atoms with Gasteiger partial charge >= 0.3 is 0 Å². The van der Waals surface area contributed by atoms with Gasteiger partial charge in [0.1, 0.15) is 11.3 Å². The van der Waals surface area contributed by atoms with Crippen LogP contribution in [-0.4, -0.2) is 55.1 Å². The lowest BCUT2D eigenvalue weighted by atomic mass is 10.1. The molecule has 1 N–H and O–H groups in total. The zero-order valence-electron chi connectivity index (χ0n) is 17.7. The summed E-state index contributed by atoms with van der Waals surface area (Å²) >= 11 is 1.54. The van der Waals surface area contributed by atoms with Crippen LogP contribution in [0.1, 0.15) is 22.3 Å². The van der Waals surface area contributed by atoms with Gasteiger partial charge in [0.2, 0.25) is 0 Å². The van der Waals surface area contributed by atoms with Crippen molar-refractivity contribution in [2.75, 3.05) is 39.2 Å². The number of thiazole rings is 1. The van der Waals surface area contributed by atoms with Gasteiger partial charge in [0.15, 0.2) is 5.13 Å². The second-order valence-corrected chi connectivity index (χ2v) is 8.60. The molecule has 1 amide bonds. The van der Waals surface area contributed by atoms with E-state index in [0.29, 0.717) is 17.2 Å². The maximum Gasteiger partial charge on any atom is 0.262 e. The van der Waals surface area contributed by atoms with E-state index in [9.17, 15) is 4.79 Å². The SMILES string of the molecule is COc1ccc(C)c2sc(N(CCCN(C)C)C(=O)c3c[nH]c4ccccc34)nc12. The van der Waals surface area contributed by atoms with E-state index >= 15 is 0 Å². The van der Waals surface area contributed by atoms with Gasteiger partial charge in [0, 0.05) is 23.6 Å². The fourth-order valence-electron chi connectivity index (χ4n) is 3.60. The van der Waals surface area contributed by atoms with Gasteiger partial charge in [-0.2, -0.15) is 0 Å². The number of carbonyl (C=O) groups excluding carboxylic acids is 1. The Morgan fingerprint density at radius 2 is 1.97 bits per heavy atom. The van der Waals surface area contributed by atoms with Crippen molar-refractivity contribution in [3.8, 4) is 5.75 Å². The van der Waals surface area contributed by atoms with Crippen LogP contribution >= 0.6 is 11.3 Å². The molecule has 4 rings (SSSR count). The number of rotatable bonds is 7. The molecule has 0 aliphatic heterocycles. The summed E-state index contributed by atoms with van der Waals surface area (Å²) in [6.45, 7) is 3.55. The van der Waals surface area contributed by atoms with E-state index in [-0.39, 0.29) is 5.91 Å². The van der Waals surface area contributed by atoms with Crippen LogP contribution in [0, 0.1) is 6.92 Å². The fourth-order valence-corrected chi connectivity index (χ4v) is 4.68. The highest BCUT2D eigenvalue weighted by atomic mass is 32.1. The van der Waals surface area contributed by atoms with Crippen LogP contribution in [-0.2, 0) is 0 Å². The highest BCUT2D eigenvalue weighted by Gasteiger charge is 2.24. The summed E-state index contributed by atoms with van der Waals surface area (Å²) in [7, 11) is 5.73. The van der Waals surface area contributed by atoms with Gasteiger partial charge in [-0.1, -0.05) is 35.6 Å². The third-order valence-corrected chi connectivity index (χ3v) is 6.41. The first-order valence-corrected chi connectivity index (χ1v) is 10.8. The number of methoxy groups -OCH3 is 1. The molecule has 2 heterocycles. The minimum Gasteiger partial charge on any atom is -0.494 e. The molecule has 0 saturated heterocycles. The maximum atomic E-state index is 13.6. The summed E-state index contributed by atoms with van der Waals surface area (Å²) in [5, 5.41) is 1.63. The van der Waals surface area contributed by atoms with Crippen molar-refractivity contribution in [3.05, 3.63) is 53.7 Å². The first kappa shape index (κ1) is 20.4. The molecule has 156 valence electrons. The molecule has 30 heavy (non-hydrogen) atoms. The number of anilines is 1. The number of hydrogen-bond donors (Lipinski definition) is 1. The number of nitrogens with zero attached hydrogens (tertiary/aromatic N) is 3. The molecule has 0 radical (unpaired) electrons. The van der Waals surface area contributed by atoms with Crippen LogP contribution in [0.25, 0.3) is 21.1 Å². The minimum atomic E-state index is -0.0399. The van der Waals surface area contributed by atoms with Crippen molar-refractivity contribution in [1.82, 2.24) is 14.9 Å². The quantitative estimate of drug-likeness (QED) is 0.469. The van der Waals surface area contributed by atoms with Crippen LogP contribution in [0.2, 0.25) is 0 Å². The predicted octanol–water partition coefficient (Wildman–Crippen LogP) is 4.69. The Hall–Kier alpha value is -2.90. The molecule has 0 saturated carbocycles. The van der Waals surface area contributed by atoms with Gasteiger partial charge < -0.3 is 14.6 Å². The predicted molar refractivity (Wildman–Crippen MR) is 124 cm³/mol. The molecular formula is C23H26N4O2S. The lowest BCUT2D eigenvalue weighted by molar-refractivity contribution is 0.0987. The number of fused-ring (bicyclic) bond motifs is 2. The van der Waals surface area contributed by atoms with Gasteiger partial charge in [0.25, 0.3) is 5.91 Å². The molecule has 4 aromatic rings. The normalized spacial score (nSPS) is 11.5. The maximum absolute atomic E-state index is 13.6. The molecule has 0 unspecified atom stereocenters. The summed E-state index contributed by atoms with van der Waals surface area (Å²) in [6, 6.07) is 11.8. The number of ether oxygens (including phenoxy) is 1. The molecule has 0 aliphatic carbocycles. The average molecular weight is 423 g/mol. The third kappa shape index (κ3) is 3.78. The second-order valence-electron chi connectivity index (χ2n) is 7.62. The molecule has 0 bridgehead atoms. The van der Waals surface area contributed by atoms with Crippen LogP contribution in [0.4, 0.5) is 5.13 Å². The Bertz CT molecular complexity index is 1190. The van der Waals surface area contributed by atoms with Crippen molar-refractivity contribution in [3.63, 3.8) is 0 Å². The van der Waals surface area contributed by atoms with Gasteiger partial charge in [0.05, 0.1) is 17.4 Å². The topological polar surface area (TPSA) is 61.5 Å². The van der Waals surface area contributed by atoms with Gasteiger partial charge in [-0.25, -0.2) is 4.98 Å². The van der Waals surface area contributed by atoms with Crippen LogP contribution < -0.4 is 9.64 Å². The monoisotopic (exact) mass is 422 g/mol. The molecular weight excluding hydrogens is 396 g/mol. The van der Waals surface area contributed by atoms with Crippen LogP contribution in [0.5, 0.6) is 5.75 Å². The van der Waals surface area contributed by atoms with Crippen LogP contribution in [0.15, 0.2) is 42.6 Å². The summed E-state index contributed by atoms with van der Waals surface area (Å²) in [5.74, 6) is 0.688. The molecule has 0 atom stereocenters. The van der Waals surface area contributed by atoms with E-state index in [1.807, 2.05) is 55.4 Å². The zero-order valence-corrected chi connectivity index (χ0v) is 18.5. The van der Waals surface area contributed by atoms with Gasteiger partial charge in [-0.05, 0) is 51.7 Å². The Kier molecular flexibility index (Phi) is 5.74. The summed E-state index contributed by atoms with van der Waals surface area (Å²) < 4.78 is 6.56. The van der Waals surface area contributed by atoms with Gasteiger partial charge in [-0.3, -0.25) is 9.69 Å². The lowest BCUT2D eigenvalue weighted by Crippen LogP contribution is -2.33. The molecule has 0 spiro atoms. The number of H-pyrrole nitrogens is 1. The number of aromatic amines is 1. The van der Waals surface area contributed by atoms with Crippen molar-refractivity contribution in [2.45, 2.75) is 13.3 Å². The third-order valence-electron chi connectivity index (χ3n) is 5.19. The highest BCUT2D eigenvalue weighted by molar-refractivity contribution is 7.22. The van der Waals surface area contributed by atoms with Crippen molar-refractivity contribution in [2.24, 2.45) is 0 Å². The molecule has 2 aromatic carbocycles. The van der Waals surface area contributed by atoms with Crippen molar-refractivity contribution in [1.29, 1.82) is 0 Å². The number of amides is 1. The number of hydrogen-bond acceptors (Lipinski definition) is 5. The van der Waals surface area contributed by atoms with Crippen molar-refractivity contribution >= 4 is 43.5 Å². The first-order chi connectivity index (χ1) is 14.5. The molecule has 7 heteroatoms. The standard InChI is InChI=1S/C23H26N4O2S/c1-15-10-11-19(29-4)20-21(15)30-23(25-20)27(13-7-12-26(2)3)22(28)17-14-24-18-9-6-5-8-16(17)18/h5-6,8-11,14,24H,7,12-13H2,1-4H3. The van der Waals surface area contributed by atoms with Crippen molar-refractivity contribution < 1.29 is 9.53 Å². The van der Waals surface area contributed by atoms with E-state index in [1.54, 1.807) is 24.6 Å². The average Bonchev–Trinajstić information content (AvgIpc) is 3.36. The summed E-state index contributed by atoms with van der Waals surface area (Å²) in [4.78, 5) is 25.6. The number of aryl methyl sites for hydroxylation is 1. The first-order valence-electron chi connectivity index (χ1n) is 9.96. The van der Waals surface area contributed by atoms with E-state index in [0.717, 1.165) is 45.4 Å². The van der Waals surface area contributed by atoms with E-state index in [4.69, 9.17) is 9.72 Å². The molecule has 2 aromatic heterocycles. The molecule has 0 fully saturated rings. The Morgan fingerprint density at radius 1 is 1.17 bits per heavy atom. The smallest absolute Gasteiger partial charge is 0.262 e. The van der Waals surface area contributed by atoms with E-state index in [1.165, 1.54) is 0 Å². The van der Waals surface area contributed by atoms with Crippen LogP contribution in [0.3, 0.4) is 0 Å². The Balaban J connectivity index is 1.77. The summed E-state index contributed by atoms with van der Waals surface area (Å²) in [5.41, 5.74) is 3.55. The molecule has 6 nitrogen and oxygen atoms in total. The largest absolute Gasteiger partial charge is 0.494 e. The number of nitrogens with one attached hydrogen (secondary N) is 1. The number of benzene rings is 2. The highest BCUT2D eigenvalue weighted by Crippen LogP contribution is 2.37. The number of para-hydroxylation sites is 1. The number of carbonyl (C=O) groups is 1. The fraction of sp³-hybridized carbons (Fsp3) is 0.304. The second kappa shape index (κ2) is 8.45. The summed E-state index contributed by atoms with van der Waals surface area (Å²) in [6.07, 6.45) is 2.65. The zero-order chi connectivity index (χ0) is 21.3. The Morgan fingerprint density at radius 3 is 2.73 bits per heavy atom. The minimum absolute atomic E-state index is 0.0399.